The first-order chi connectivity index (χ1) is 15.8. The fourth-order valence-corrected chi connectivity index (χ4v) is 4.33. The van der Waals surface area contributed by atoms with Crippen LogP contribution < -0.4 is 4.90 Å². The van der Waals surface area contributed by atoms with Gasteiger partial charge in [-0.2, -0.15) is 13.2 Å². The van der Waals surface area contributed by atoms with Gasteiger partial charge in [-0.1, -0.05) is 36.4 Å². The first-order valence-electron chi connectivity index (χ1n) is 10.8. The van der Waals surface area contributed by atoms with E-state index < -0.39 is 11.7 Å². The topological polar surface area (TPSA) is 23.6 Å². The number of anilines is 1. The molecule has 1 saturated heterocycles. The number of likely N-dealkylation sites (tertiary alicyclic amines) is 1. The minimum Gasteiger partial charge on any atom is -0.305 e. The van der Waals surface area contributed by atoms with Crippen LogP contribution in [-0.4, -0.2) is 29.9 Å². The molecule has 3 nitrogen and oxygen atoms in total. The number of hydrogen-bond acceptors (Lipinski definition) is 2. The van der Waals surface area contributed by atoms with Gasteiger partial charge in [0.2, 0.25) is 0 Å². The Morgan fingerprint density at radius 2 is 1.48 bits per heavy atom. The molecular formula is C26H24F4N2O. The summed E-state index contributed by atoms with van der Waals surface area (Å²) in [5, 5.41) is 0. The maximum Gasteiger partial charge on any atom is 0.416 e. The van der Waals surface area contributed by atoms with Crippen molar-refractivity contribution in [1.82, 2.24) is 4.90 Å². The lowest BCUT2D eigenvalue weighted by molar-refractivity contribution is -0.138. The van der Waals surface area contributed by atoms with Gasteiger partial charge in [-0.15, -0.1) is 0 Å². The molecule has 0 radical (unpaired) electrons. The van der Waals surface area contributed by atoms with Crippen LogP contribution in [0.1, 0.15) is 34.3 Å². The normalized spacial score (nSPS) is 15.4. The molecule has 0 aliphatic carbocycles. The molecular weight excluding hydrogens is 432 g/mol. The Labute approximate surface area is 190 Å². The van der Waals surface area contributed by atoms with Crippen LogP contribution in [-0.2, 0) is 12.7 Å². The van der Waals surface area contributed by atoms with E-state index in [2.05, 4.69) is 0 Å². The zero-order valence-electron chi connectivity index (χ0n) is 17.9. The Morgan fingerprint density at radius 1 is 0.879 bits per heavy atom. The maximum absolute atomic E-state index is 13.5. The molecule has 1 fully saturated rings. The second-order valence-corrected chi connectivity index (χ2v) is 8.18. The number of carbonyl (C=O) groups is 1. The molecule has 1 aliphatic heterocycles. The summed E-state index contributed by atoms with van der Waals surface area (Å²) in [7, 11) is 0. The summed E-state index contributed by atoms with van der Waals surface area (Å²) in [5.41, 5.74) is 0.771. The molecule has 3 aromatic carbocycles. The smallest absolute Gasteiger partial charge is 0.305 e. The summed E-state index contributed by atoms with van der Waals surface area (Å²) in [5.74, 6) is -0.563. The second-order valence-electron chi connectivity index (χ2n) is 8.18. The summed E-state index contributed by atoms with van der Waals surface area (Å²) >= 11 is 0. The van der Waals surface area contributed by atoms with Crippen LogP contribution in [0.3, 0.4) is 0 Å². The lowest BCUT2D eigenvalue weighted by Crippen LogP contribution is -2.47. The number of benzene rings is 3. The Hall–Kier alpha value is -3.19. The van der Waals surface area contributed by atoms with Gasteiger partial charge in [0.1, 0.15) is 5.82 Å². The van der Waals surface area contributed by atoms with E-state index in [9.17, 15) is 22.4 Å². The number of piperidine rings is 1. The van der Waals surface area contributed by atoms with E-state index in [1.807, 2.05) is 11.0 Å². The first kappa shape index (κ1) is 23.0. The lowest BCUT2D eigenvalue weighted by atomic mass is 9.99. The standard InChI is InChI=1S/C26H24F4N2O/c27-21-10-12-22(13-11-21)32(25(33)19-6-2-1-3-7-19)23-14-16-31(17-15-23)18-20-8-4-5-9-24(20)26(28,29)30/h1-13,23H,14-18H2. The van der Waals surface area contributed by atoms with Crippen molar-refractivity contribution >= 4 is 11.6 Å². The van der Waals surface area contributed by atoms with E-state index in [0.29, 0.717) is 37.2 Å². The Kier molecular flexibility index (Phi) is 6.79. The third-order valence-corrected chi connectivity index (χ3v) is 5.98. The largest absolute Gasteiger partial charge is 0.416 e. The van der Waals surface area contributed by atoms with Gasteiger partial charge in [-0.3, -0.25) is 9.69 Å². The molecule has 0 saturated carbocycles. The number of nitrogens with zero attached hydrogens (tertiary/aromatic N) is 2. The van der Waals surface area contributed by atoms with Gasteiger partial charge in [0.25, 0.3) is 5.91 Å². The zero-order chi connectivity index (χ0) is 23.4. The monoisotopic (exact) mass is 456 g/mol. The van der Waals surface area contributed by atoms with Crippen LogP contribution >= 0.6 is 0 Å². The number of halogens is 4. The fraction of sp³-hybridized carbons (Fsp3) is 0.269. The van der Waals surface area contributed by atoms with Crippen molar-refractivity contribution in [2.24, 2.45) is 0 Å². The minimum absolute atomic E-state index is 0.141. The van der Waals surface area contributed by atoms with Crippen LogP contribution in [0.15, 0.2) is 78.9 Å². The van der Waals surface area contributed by atoms with E-state index >= 15 is 0 Å². The second kappa shape index (κ2) is 9.75. The van der Waals surface area contributed by atoms with Gasteiger partial charge in [0, 0.05) is 36.9 Å². The average molecular weight is 456 g/mol. The van der Waals surface area contributed by atoms with Gasteiger partial charge in [-0.05, 0) is 60.9 Å². The summed E-state index contributed by atoms with van der Waals surface area (Å²) in [6, 6.07) is 20.2. The van der Waals surface area contributed by atoms with Crippen molar-refractivity contribution in [3.05, 3.63) is 101 Å². The van der Waals surface area contributed by atoms with Gasteiger partial charge in [0.15, 0.2) is 0 Å². The minimum atomic E-state index is -4.39. The molecule has 1 amide bonds. The molecule has 0 N–H and O–H groups in total. The summed E-state index contributed by atoms with van der Waals surface area (Å²) in [6.45, 7) is 1.30. The third-order valence-electron chi connectivity index (χ3n) is 5.98. The highest BCUT2D eigenvalue weighted by Gasteiger charge is 2.34. The predicted molar refractivity (Wildman–Crippen MR) is 119 cm³/mol. The summed E-state index contributed by atoms with van der Waals surface area (Å²) in [4.78, 5) is 17.0. The van der Waals surface area contributed by atoms with Crippen LogP contribution in [0, 0.1) is 5.82 Å². The van der Waals surface area contributed by atoms with Gasteiger partial charge in [0.05, 0.1) is 5.56 Å². The Balaban J connectivity index is 1.51. The van der Waals surface area contributed by atoms with Gasteiger partial charge < -0.3 is 4.90 Å². The highest BCUT2D eigenvalue weighted by atomic mass is 19.4. The van der Waals surface area contributed by atoms with Crippen LogP contribution in [0.2, 0.25) is 0 Å². The lowest BCUT2D eigenvalue weighted by Gasteiger charge is -2.39. The van der Waals surface area contributed by atoms with Crippen molar-refractivity contribution in [2.45, 2.75) is 31.6 Å². The van der Waals surface area contributed by atoms with Crippen molar-refractivity contribution in [3.63, 3.8) is 0 Å². The van der Waals surface area contributed by atoms with Crippen LogP contribution in [0.4, 0.5) is 23.2 Å². The highest BCUT2D eigenvalue weighted by Crippen LogP contribution is 2.33. The molecule has 0 atom stereocenters. The molecule has 0 unspecified atom stereocenters. The number of alkyl halides is 3. The molecule has 0 bridgehead atoms. The van der Waals surface area contributed by atoms with Crippen molar-refractivity contribution < 1.29 is 22.4 Å². The maximum atomic E-state index is 13.5. The fourth-order valence-electron chi connectivity index (χ4n) is 4.33. The average Bonchev–Trinajstić information content (AvgIpc) is 2.82. The van der Waals surface area contributed by atoms with E-state index in [-0.39, 0.29) is 29.9 Å². The highest BCUT2D eigenvalue weighted by molar-refractivity contribution is 6.06. The summed E-state index contributed by atoms with van der Waals surface area (Å²) < 4.78 is 53.5. The number of hydrogen-bond donors (Lipinski definition) is 0. The molecule has 1 aliphatic rings. The Morgan fingerprint density at radius 3 is 2.12 bits per heavy atom. The van der Waals surface area contributed by atoms with Crippen LogP contribution in [0.5, 0.6) is 0 Å². The number of carbonyl (C=O) groups excluding carboxylic acids is 1. The molecule has 0 aromatic heterocycles. The van der Waals surface area contributed by atoms with Gasteiger partial charge in [-0.25, -0.2) is 4.39 Å². The molecule has 0 spiro atoms. The van der Waals surface area contributed by atoms with E-state index in [1.54, 1.807) is 47.4 Å². The Bertz CT molecular complexity index is 1080. The number of amides is 1. The zero-order valence-corrected chi connectivity index (χ0v) is 17.9. The van der Waals surface area contributed by atoms with E-state index in [1.165, 1.54) is 24.3 Å². The molecule has 172 valence electrons. The summed E-state index contributed by atoms with van der Waals surface area (Å²) in [6.07, 6.45) is -3.19. The third kappa shape index (κ3) is 5.42. The molecule has 7 heteroatoms. The predicted octanol–water partition coefficient (Wildman–Crippen LogP) is 6.16. The van der Waals surface area contributed by atoms with Crippen molar-refractivity contribution in [1.29, 1.82) is 0 Å². The van der Waals surface area contributed by atoms with E-state index in [4.69, 9.17) is 0 Å². The molecule has 1 heterocycles. The van der Waals surface area contributed by atoms with E-state index in [0.717, 1.165) is 6.07 Å². The van der Waals surface area contributed by atoms with Crippen molar-refractivity contribution in [3.8, 4) is 0 Å². The molecule has 3 aromatic rings. The van der Waals surface area contributed by atoms with Crippen molar-refractivity contribution in [2.75, 3.05) is 18.0 Å². The number of rotatable bonds is 5. The van der Waals surface area contributed by atoms with Gasteiger partial charge >= 0.3 is 6.18 Å². The van der Waals surface area contributed by atoms with Crippen LogP contribution in [0.25, 0.3) is 0 Å². The quantitative estimate of drug-likeness (QED) is 0.430. The molecule has 33 heavy (non-hydrogen) atoms. The first-order valence-corrected chi connectivity index (χ1v) is 10.8. The molecule has 4 rings (SSSR count). The SMILES string of the molecule is O=C(c1ccccc1)N(c1ccc(F)cc1)C1CCN(Cc2ccccc2C(F)(F)F)CC1.